The third-order valence-corrected chi connectivity index (χ3v) is 6.13. The van der Waals surface area contributed by atoms with Gasteiger partial charge in [0.05, 0.1) is 12.8 Å². The number of para-hydroxylation sites is 1. The zero-order valence-corrected chi connectivity index (χ0v) is 20.9. The van der Waals surface area contributed by atoms with E-state index in [0.29, 0.717) is 29.6 Å². The van der Waals surface area contributed by atoms with E-state index in [1.54, 1.807) is 17.5 Å². The summed E-state index contributed by atoms with van der Waals surface area (Å²) < 4.78 is 4.85. The molecule has 0 saturated carbocycles. The topological polar surface area (TPSA) is 104 Å². The molecule has 1 heterocycles. The first kappa shape index (κ1) is 25.4. The summed E-state index contributed by atoms with van der Waals surface area (Å²) in [5.41, 5.74) is 3.14. The molecule has 188 valence electrons. The van der Waals surface area contributed by atoms with Crippen molar-refractivity contribution in [3.05, 3.63) is 95.9 Å². The third-order valence-electron chi connectivity index (χ3n) is 5.38. The number of aromatic nitrogens is 1. The maximum absolute atomic E-state index is 12.2. The van der Waals surface area contributed by atoms with Crippen LogP contribution >= 0.6 is 11.3 Å². The van der Waals surface area contributed by atoms with Crippen molar-refractivity contribution in [1.82, 2.24) is 10.3 Å². The fourth-order valence-corrected chi connectivity index (χ4v) is 4.21. The normalized spacial score (nSPS) is 10.3. The molecule has 1 aromatic heterocycles. The molecule has 4 rings (SSSR count). The van der Waals surface area contributed by atoms with Gasteiger partial charge in [-0.1, -0.05) is 48.5 Å². The monoisotopic (exact) mass is 515 g/mol. The number of hydrogen-bond acceptors (Lipinski definition) is 7. The Labute approximate surface area is 218 Å². The van der Waals surface area contributed by atoms with E-state index in [1.807, 2.05) is 77.7 Å². The number of hydrogen-bond donors (Lipinski definition) is 2. The second-order valence-electron chi connectivity index (χ2n) is 7.79. The van der Waals surface area contributed by atoms with Crippen LogP contribution in [0.3, 0.4) is 0 Å². The molecule has 3 aromatic carbocycles. The Balaban J connectivity index is 1.45. The molecule has 0 aliphatic carbocycles. The van der Waals surface area contributed by atoms with E-state index in [4.69, 9.17) is 4.74 Å². The number of esters is 1. The van der Waals surface area contributed by atoms with E-state index in [9.17, 15) is 14.4 Å². The van der Waals surface area contributed by atoms with Crippen molar-refractivity contribution in [2.75, 3.05) is 28.8 Å². The molecule has 0 atom stereocenters. The summed E-state index contributed by atoms with van der Waals surface area (Å²) in [6, 6.07) is 25.8. The molecule has 0 saturated heterocycles. The van der Waals surface area contributed by atoms with Crippen LogP contribution in [0.15, 0.2) is 90.3 Å². The van der Waals surface area contributed by atoms with Crippen molar-refractivity contribution in [1.29, 1.82) is 0 Å². The van der Waals surface area contributed by atoms with Crippen LogP contribution in [0.2, 0.25) is 0 Å². The number of thiazole rings is 1. The molecule has 9 nitrogen and oxygen atoms in total. The quantitative estimate of drug-likeness (QED) is 0.226. The van der Waals surface area contributed by atoms with Crippen molar-refractivity contribution in [2.45, 2.75) is 6.54 Å². The molecule has 37 heavy (non-hydrogen) atoms. The van der Waals surface area contributed by atoms with Gasteiger partial charge in [-0.2, -0.15) is 0 Å². The zero-order chi connectivity index (χ0) is 26.0. The Morgan fingerprint density at radius 3 is 2.19 bits per heavy atom. The fourth-order valence-electron chi connectivity index (χ4n) is 3.53. The minimum Gasteiger partial charge on any atom is -0.468 e. The van der Waals surface area contributed by atoms with Crippen molar-refractivity contribution in [3.63, 3.8) is 0 Å². The first-order valence-electron chi connectivity index (χ1n) is 11.4. The van der Waals surface area contributed by atoms with Gasteiger partial charge in [0, 0.05) is 23.3 Å². The van der Waals surface area contributed by atoms with Gasteiger partial charge in [-0.05, 0) is 42.0 Å². The number of amides is 3. The Morgan fingerprint density at radius 1 is 0.919 bits per heavy atom. The van der Waals surface area contributed by atoms with E-state index in [2.05, 4.69) is 15.6 Å². The molecule has 0 fully saturated rings. The van der Waals surface area contributed by atoms with Crippen LogP contribution in [-0.4, -0.2) is 37.0 Å². The highest BCUT2D eigenvalue weighted by molar-refractivity contribution is 7.14. The first-order valence-corrected chi connectivity index (χ1v) is 12.2. The summed E-state index contributed by atoms with van der Waals surface area (Å²) in [5.74, 6) is -0.00154. The maximum Gasteiger partial charge on any atom is 0.325 e. The number of benzene rings is 3. The second-order valence-corrected chi connectivity index (χ2v) is 8.65. The molecule has 0 aliphatic rings. The molecule has 0 radical (unpaired) electrons. The van der Waals surface area contributed by atoms with Gasteiger partial charge in [-0.25, -0.2) is 9.78 Å². The van der Waals surface area contributed by atoms with Gasteiger partial charge in [-0.3, -0.25) is 19.8 Å². The Bertz CT molecular complexity index is 1330. The lowest BCUT2D eigenvalue weighted by Crippen LogP contribution is -2.28. The van der Waals surface area contributed by atoms with E-state index < -0.39 is 6.03 Å². The lowest BCUT2D eigenvalue weighted by molar-refractivity contribution is -0.138. The van der Waals surface area contributed by atoms with Gasteiger partial charge < -0.3 is 15.0 Å². The smallest absolute Gasteiger partial charge is 0.325 e. The summed E-state index contributed by atoms with van der Waals surface area (Å²) >= 11 is 1.21. The van der Waals surface area contributed by atoms with E-state index in [0.717, 1.165) is 16.9 Å². The minimum atomic E-state index is -0.390. The molecule has 2 N–H and O–H groups in total. The van der Waals surface area contributed by atoms with E-state index in [-0.39, 0.29) is 12.5 Å². The molecule has 0 bridgehead atoms. The second kappa shape index (κ2) is 12.3. The average Bonchev–Trinajstić information content (AvgIpc) is 3.40. The number of urea groups is 1. The molecule has 0 spiro atoms. The zero-order valence-electron chi connectivity index (χ0n) is 20.0. The van der Waals surface area contributed by atoms with Gasteiger partial charge in [-0.15, -0.1) is 11.3 Å². The molecule has 4 aromatic rings. The number of nitrogens with zero attached hydrogens (tertiary/aromatic N) is 3. The van der Waals surface area contributed by atoms with Crippen LogP contribution in [0.25, 0.3) is 0 Å². The summed E-state index contributed by atoms with van der Waals surface area (Å²) in [6.07, 6.45) is 0.659. The largest absolute Gasteiger partial charge is 0.468 e. The predicted molar refractivity (Wildman–Crippen MR) is 145 cm³/mol. The number of carbonyl (C=O) groups excluding carboxylic acids is 3. The molecule has 0 unspecified atom stereocenters. The Morgan fingerprint density at radius 2 is 1.54 bits per heavy atom. The number of carbonyl (C=O) groups is 3. The number of anilines is 5. The van der Waals surface area contributed by atoms with Crippen molar-refractivity contribution in [3.8, 4) is 0 Å². The third kappa shape index (κ3) is 6.71. The van der Waals surface area contributed by atoms with Gasteiger partial charge in [0.1, 0.15) is 6.54 Å². The fraction of sp³-hybridized carbons (Fsp3) is 0.111. The van der Waals surface area contributed by atoms with Crippen LogP contribution in [0.4, 0.5) is 32.8 Å². The first-order chi connectivity index (χ1) is 18.1. The van der Waals surface area contributed by atoms with Gasteiger partial charge in [0.15, 0.2) is 10.9 Å². The van der Waals surface area contributed by atoms with Crippen molar-refractivity contribution in [2.24, 2.45) is 0 Å². The number of rotatable bonds is 10. The highest BCUT2D eigenvalue weighted by Crippen LogP contribution is 2.31. The van der Waals surface area contributed by atoms with Gasteiger partial charge in [0.2, 0.25) is 6.41 Å². The summed E-state index contributed by atoms with van der Waals surface area (Å²) in [5, 5.41) is 7.51. The number of methoxy groups -OCH3 is 1. The van der Waals surface area contributed by atoms with Crippen LogP contribution in [0.1, 0.15) is 5.56 Å². The summed E-state index contributed by atoms with van der Waals surface area (Å²) in [7, 11) is 1.35. The van der Waals surface area contributed by atoms with Gasteiger partial charge >= 0.3 is 12.0 Å². The Hall–Kier alpha value is -4.70. The average molecular weight is 516 g/mol. The highest BCUT2D eigenvalue weighted by Gasteiger charge is 2.17. The van der Waals surface area contributed by atoms with Crippen LogP contribution in [0.5, 0.6) is 0 Å². The van der Waals surface area contributed by atoms with E-state index >= 15 is 0 Å². The molecule has 0 aliphatic heterocycles. The van der Waals surface area contributed by atoms with Crippen molar-refractivity contribution >= 4 is 57.8 Å². The Kier molecular flexibility index (Phi) is 8.45. The molecule has 3 amide bonds. The predicted octanol–water partition coefficient (Wildman–Crippen LogP) is 5.07. The highest BCUT2D eigenvalue weighted by atomic mass is 32.1. The summed E-state index contributed by atoms with van der Waals surface area (Å²) in [4.78, 5) is 43.8. The SMILES string of the molecule is COC(=O)CN(c1ccccc1)c1ccc(N(C=O)c2csc(NC(=O)NCc3ccccc3)n2)cc1. The number of nitrogens with one attached hydrogen (secondary N) is 2. The van der Waals surface area contributed by atoms with Crippen LogP contribution in [0, 0.1) is 0 Å². The van der Waals surface area contributed by atoms with Crippen LogP contribution < -0.4 is 20.4 Å². The molecular weight excluding hydrogens is 490 g/mol. The van der Waals surface area contributed by atoms with E-state index in [1.165, 1.54) is 23.3 Å². The molecular formula is C27H25N5O4S. The van der Waals surface area contributed by atoms with Crippen molar-refractivity contribution < 1.29 is 19.1 Å². The minimum absolute atomic E-state index is 0.0324. The lowest BCUT2D eigenvalue weighted by Gasteiger charge is -2.24. The number of ether oxygens (including phenoxy) is 1. The maximum atomic E-state index is 12.2. The standard InChI is InChI=1S/C27H25N5O4S/c1-36-25(34)17-31(21-10-6-3-7-11-21)22-12-14-23(15-13-22)32(19-33)24-18-37-27(29-24)30-26(35)28-16-20-8-4-2-5-9-20/h2-15,18-19H,16-17H2,1H3,(H2,28,29,30,35). The van der Waals surface area contributed by atoms with Crippen LogP contribution in [-0.2, 0) is 20.9 Å². The van der Waals surface area contributed by atoms with Gasteiger partial charge in [0.25, 0.3) is 0 Å². The summed E-state index contributed by atoms with van der Waals surface area (Å²) in [6.45, 7) is 0.415. The molecule has 10 heteroatoms. The lowest BCUT2D eigenvalue weighted by atomic mass is 10.2.